The molecular weight excluding hydrogens is 254 g/mol. The van der Waals surface area contributed by atoms with Crippen LogP contribution in [0, 0.1) is 0 Å². The lowest BCUT2D eigenvalue weighted by molar-refractivity contribution is 0.499. The summed E-state index contributed by atoms with van der Waals surface area (Å²) in [5.74, 6) is 5.52. The number of hydrogen-bond acceptors (Lipinski definition) is 3. The second-order valence-corrected chi connectivity index (χ2v) is 4.29. The summed E-state index contributed by atoms with van der Waals surface area (Å²) in [6.07, 6.45) is 8.60. The molecule has 0 spiro atoms. The Hall–Kier alpha value is -0.710. The van der Waals surface area contributed by atoms with Crippen molar-refractivity contribution in [3.05, 3.63) is 41.2 Å². The standard InChI is InChI=1S/C11H16BrN3/c1-2-3-4-5-11(15-13)9-6-10(12)8-14-7-9/h2,6-8,11,15H,1,3-5,13H2. The molecule has 0 bridgehead atoms. The van der Waals surface area contributed by atoms with Crippen molar-refractivity contribution in [2.24, 2.45) is 5.84 Å². The molecule has 4 heteroatoms. The lowest BCUT2D eigenvalue weighted by atomic mass is 10.0. The molecule has 1 aromatic heterocycles. The number of aromatic nitrogens is 1. The second kappa shape index (κ2) is 6.71. The molecule has 0 saturated carbocycles. The second-order valence-electron chi connectivity index (χ2n) is 3.38. The average molecular weight is 270 g/mol. The largest absolute Gasteiger partial charge is 0.271 e. The lowest BCUT2D eigenvalue weighted by Gasteiger charge is -2.15. The van der Waals surface area contributed by atoms with E-state index < -0.39 is 0 Å². The van der Waals surface area contributed by atoms with Gasteiger partial charge in [0.2, 0.25) is 0 Å². The maximum atomic E-state index is 5.52. The molecule has 0 aromatic carbocycles. The molecule has 0 saturated heterocycles. The first-order valence-corrected chi connectivity index (χ1v) is 5.74. The molecule has 1 heterocycles. The summed E-state index contributed by atoms with van der Waals surface area (Å²) < 4.78 is 0.976. The monoisotopic (exact) mass is 269 g/mol. The molecule has 3 N–H and O–H groups in total. The number of nitrogens with zero attached hydrogens (tertiary/aromatic N) is 1. The Morgan fingerprint density at radius 1 is 1.60 bits per heavy atom. The Labute approximate surface area is 98.9 Å². The van der Waals surface area contributed by atoms with Crippen LogP contribution >= 0.6 is 15.9 Å². The zero-order valence-electron chi connectivity index (χ0n) is 8.62. The van der Waals surface area contributed by atoms with Gasteiger partial charge in [0.15, 0.2) is 0 Å². The van der Waals surface area contributed by atoms with Crippen molar-refractivity contribution < 1.29 is 0 Å². The van der Waals surface area contributed by atoms with Gasteiger partial charge in [0, 0.05) is 22.9 Å². The third-order valence-corrected chi connectivity index (χ3v) is 2.66. The van der Waals surface area contributed by atoms with Crippen LogP contribution in [0.15, 0.2) is 35.6 Å². The van der Waals surface area contributed by atoms with E-state index in [0.29, 0.717) is 0 Å². The zero-order valence-corrected chi connectivity index (χ0v) is 10.2. The summed E-state index contributed by atoms with van der Waals surface area (Å²) in [4.78, 5) is 4.12. The number of pyridine rings is 1. The van der Waals surface area contributed by atoms with E-state index in [4.69, 9.17) is 5.84 Å². The van der Waals surface area contributed by atoms with Crippen molar-refractivity contribution >= 4 is 15.9 Å². The van der Waals surface area contributed by atoms with Crippen LogP contribution in [-0.2, 0) is 0 Å². The number of nitrogens with one attached hydrogen (secondary N) is 1. The van der Waals surface area contributed by atoms with Crippen molar-refractivity contribution in [2.45, 2.75) is 25.3 Å². The van der Waals surface area contributed by atoms with E-state index in [9.17, 15) is 0 Å². The minimum Gasteiger partial charge on any atom is -0.271 e. The van der Waals surface area contributed by atoms with E-state index in [1.165, 1.54) is 0 Å². The van der Waals surface area contributed by atoms with Gasteiger partial charge in [-0.05, 0) is 46.8 Å². The van der Waals surface area contributed by atoms with Crippen LogP contribution in [0.2, 0.25) is 0 Å². The molecule has 0 aliphatic heterocycles. The molecule has 0 aliphatic rings. The predicted molar refractivity (Wildman–Crippen MR) is 66.0 cm³/mol. The van der Waals surface area contributed by atoms with Crippen LogP contribution in [0.4, 0.5) is 0 Å². The van der Waals surface area contributed by atoms with E-state index in [1.54, 1.807) is 6.20 Å². The minimum atomic E-state index is 0.162. The number of hydrogen-bond donors (Lipinski definition) is 2. The van der Waals surface area contributed by atoms with Gasteiger partial charge in [-0.25, -0.2) is 0 Å². The summed E-state index contributed by atoms with van der Waals surface area (Å²) in [5, 5.41) is 0. The first-order chi connectivity index (χ1) is 7.27. The molecule has 1 rings (SSSR count). The molecule has 1 aromatic rings. The average Bonchev–Trinajstić information content (AvgIpc) is 2.24. The number of halogens is 1. The summed E-state index contributed by atoms with van der Waals surface area (Å²) in [6.45, 7) is 3.70. The summed E-state index contributed by atoms with van der Waals surface area (Å²) in [7, 11) is 0. The van der Waals surface area contributed by atoms with Crippen molar-refractivity contribution in [3.63, 3.8) is 0 Å². The number of unbranched alkanes of at least 4 members (excludes halogenated alkanes) is 1. The van der Waals surface area contributed by atoms with Crippen molar-refractivity contribution in [1.82, 2.24) is 10.4 Å². The quantitative estimate of drug-likeness (QED) is 0.361. The van der Waals surface area contributed by atoms with E-state index in [-0.39, 0.29) is 6.04 Å². The Kier molecular flexibility index (Phi) is 5.53. The highest BCUT2D eigenvalue weighted by atomic mass is 79.9. The molecule has 0 amide bonds. The van der Waals surface area contributed by atoms with E-state index in [1.807, 2.05) is 18.3 Å². The summed E-state index contributed by atoms with van der Waals surface area (Å²) in [6, 6.07) is 2.20. The van der Waals surface area contributed by atoms with Gasteiger partial charge in [0.25, 0.3) is 0 Å². The zero-order chi connectivity index (χ0) is 11.1. The molecule has 0 aliphatic carbocycles. The van der Waals surface area contributed by atoms with Gasteiger partial charge in [-0.1, -0.05) is 6.08 Å². The Morgan fingerprint density at radius 2 is 2.40 bits per heavy atom. The fourth-order valence-electron chi connectivity index (χ4n) is 1.43. The number of hydrazine groups is 1. The van der Waals surface area contributed by atoms with Crippen LogP contribution in [0.25, 0.3) is 0 Å². The fraction of sp³-hybridized carbons (Fsp3) is 0.364. The van der Waals surface area contributed by atoms with Gasteiger partial charge < -0.3 is 0 Å². The molecule has 1 unspecified atom stereocenters. The molecule has 82 valence electrons. The third kappa shape index (κ3) is 4.11. The van der Waals surface area contributed by atoms with Crippen LogP contribution in [0.1, 0.15) is 30.9 Å². The normalized spacial score (nSPS) is 12.4. The summed E-state index contributed by atoms with van der Waals surface area (Å²) >= 11 is 3.39. The smallest absolute Gasteiger partial charge is 0.0475 e. The highest BCUT2D eigenvalue weighted by Gasteiger charge is 2.09. The van der Waals surface area contributed by atoms with Gasteiger partial charge in [-0.3, -0.25) is 16.3 Å². The fourth-order valence-corrected chi connectivity index (χ4v) is 1.81. The van der Waals surface area contributed by atoms with Crippen LogP contribution in [0.5, 0.6) is 0 Å². The van der Waals surface area contributed by atoms with Gasteiger partial charge in [0.1, 0.15) is 0 Å². The number of rotatable bonds is 6. The van der Waals surface area contributed by atoms with Gasteiger partial charge in [-0.15, -0.1) is 6.58 Å². The van der Waals surface area contributed by atoms with Crippen molar-refractivity contribution in [1.29, 1.82) is 0 Å². The van der Waals surface area contributed by atoms with Crippen LogP contribution < -0.4 is 11.3 Å². The Bertz CT molecular complexity index is 314. The molecule has 15 heavy (non-hydrogen) atoms. The minimum absolute atomic E-state index is 0.162. The lowest BCUT2D eigenvalue weighted by Crippen LogP contribution is -2.28. The molecule has 1 atom stereocenters. The topological polar surface area (TPSA) is 50.9 Å². The van der Waals surface area contributed by atoms with Gasteiger partial charge in [0.05, 0.1) is 0 Å². The molecular formula is C11H16BrN3. The first-order valence-electron chi connectivity index (χ1n) is 4.95. The van der Waals surface area contributed by atoms with E-state index in [2.05, 4.69) is 32.9 Å². The Morgan fingerprint density at radius 3 is 3.00 bits per heavy atom. The van der Waals surface area contributed by atoms with E-state index in [0.717, 1.165) is 29.3 Å². The predicted octanol–water partition coefficient (Wildman–Crippen LogP) is 2.70. The van der Waals surface area contributed by atoms with Crippen LogP contribution in [-0.4, -0.2) is 4.98 Å². The highest BCUT2D eigenvalue weighted by molar-refractivity contribution is 9.10. The van der Waals surface area contributed by atoms with Crippen molar-refractivity contribution in [3.8, 4) is 0 Å². The maximum absolute atomic E-state index is 5.52. The van der Waals surface area contributed by atoms with Gasteiger partial charge in [-0.2, -0.15) is 0 Å². The van der Waals surface area contributed by atoms with E-state index >= 15 is 0 Å². The SMILES string of the molecule is C=CCCCC(NN)c1cncc(Br)c1. The van der Waals surface area contributed by atoms with Gasteiger partial charge >= 0.3 is 0 Å². The van der Waals surface area contributed by atoms with Crippen molar-refractivity contribution in [2.75, 3.05) is 0 Å². The maximum Gasteiger partial charge on any atom is 0.0475 e. The Balaban J connectivity index is 2.61. The number of nitrogens with two attached hydrogens (primary N) is 1. The summed E-state index contributed by atoms with van der Waals surface area (Å²) in [5.41, 5.74) is 3.92. The highest BCUT2D eigenvalue weighted by Crippen LogP contribution is 2.20. The first kappa shape index (κ1) is 12.4. The number of allylic oxidation sites excluding steroid dienone is 1. The van der Waals surface area contributed by atoms with Crippen LogP contribution in [0.3, 0.4) is 0 Å². The third-order valence-electron chi connectivity index (χ3n) is 2.23. The molecule has 3 nitrogen and oxygen atoms in total. The molecule has 0 fully saturated rings. The molecule has 0 radical (unpaired) electrons.